The number of piperazine rings is 1. The molecule has 2 aliphatic rings. The second-order valence-corrected chi connectivity index (χ2v) is 9.63. The molecule has 0 unspecified atom stereocenters. The van der Waals surface area contributed by atoms with Gasteiger partial charge in [-0.15, -0.1) is 5.10 Å². The Morgan fingerprint density at radius 3 is 2.31 bits per heavy atom. The van der Waals surface area contributed by atoms with Crippen molar-refractivity contribution in [1.29, 1.82) is 0 Å². The SMILES string of the molecule is CC(=O)N1[C@H](C)CN(c2cc(-n3cnc(Nc4ccc(N5CCCCC5)cc4)n3)ccn2)C[C@@H]1C. The summed E-state index contributed by atoms with van der Waals surface area (Å²) in [5.41, 5.74) is 3.13. The highest BCUT2D eigenvalue weighted by Crippen LogP contribution is 2.25. The molecule has 0 spiro atoms. The normalized spacial score (nSPS) is 20.7. The van der Waals surface area contributed by atoms with Crippen LogP contribution < -0.4 is 15.1 Å². The number of amides is 1. The van der Waals surface area contributed by atoms with Gasteiger partial charge in [0.15, 0.2) is 0 Å². The van der Waals surface area contributed by atoms with Crippen LogP contribution in [0, 0.1) is 0 Å². The van der Waals surface area contributed by atoms with Crippen LogP contribution in [0.3, 0.4) is 0 Å². The van der Waals surface area contributed by atoms with Crippen molar-refractivity contribution in [2.24, 2.45) is 0 Å². The first-order valence-corrected chi connectivity index (χ1v) is 12.5. The van der Waals surface area contributed by atoms with E-state index in [1.54, 1.807) is 24.1 Å². The minimum absolute atomic E-state index is 0.120. The van der Waals surface area contributed by atoms with Crippen LogP contribution in [0.4, 0.5) is 23.1 Å². The molecule has 0 aliphatic carbocycles. The van der Waals surface area contributed by atoms with Crippen LogP contribution in [0.25, 0.3) is 5.69 Å². The quantitative estimate of drug-likeness (QED) is 0.602. The minimum atomic E-state index is 0.120. The maximum atomic E-state index is 12.0. The van der Waals surface area contributed by atoms with E-state index in [1.165, 1.54) is 24.9 Å². The molecular weight excluding hydrogens is 440 g/mol. The lowest BCUT2D eigenvalue weighted by molar-refractivity contribution is -0.133. The number of hydrogen-bond donors (Lipinski definition) is 1. The average molecular weight is 475 g/mol. The first-order valence-electron chi connectivity index (χ1n) is 12.5. The van der Waals surface area contributed by atoms with Crippen LogP contribution in [0.1, 0.15) is 40.0 Å². The lowest BCUT2D eigenvalue weighted by Crippen LogP contribution is -2.58. The zero-order valence-electron chi connectivity index (χ0n) is 20.8. The van der Waals surface area contributed by atoms with E-state index in [4.69, 9.17) is 0 Å². The largest absolute Gasteiger partial charge is 0.372 e. The van der Waals surface area contributed by atoms with Gasteiger partial charge in [0.1, 0.15) is 12.1 Å². The lowest BCUT2D eigenvalue weighted by atomic mass is 10.1. The first kappa shape index (κ1) is 23.1. The molecule has 1 N–H and O–H groups in total. The number of nitrogens with zero attached hydrogens (tertiary/aromatic N) is 7. The highest BCUT2D eigenvalue weighted by Gasteiger charge is 2.31. The molecule has 9 heteroatoms. The molecule has 0 bridgehead atoms. The predicted molar refractivity (Wildman–Crippen MR) is 139 cm³/mol. The van der Waals surface area contributed by atoms with Gasteiger partial charge in [-0.1, -0.05) is 0 Å². The fourth-order valence-electron chi connectivity index (χ4n) is 5.34. The van der Waals surface area contributed by atoms with E-state index >= 15 is 0 Å². The number of nitrogens with one attached hydrogen (secondary N) is 1. The Morgan fingerprint density at radius 1 is 0.914 bits per heavy atom. The summed E-state index contributed by atoms with van der Waals surface area (Å²) in [6, 6.07) is 12.7. The number of hydrogen-bond acceptors (Lipinski definition) is 7. The molecule has 35 heavy (non-hydrogen) atoms. The number of anilines is 4. The molecule has 2 aliphatic heterocycles. The van der Waals surface area contributed by atoms with Gasteiger partial charge in [-0.3, -0.25) is 4.79 Å². The molecular formula is C26H34N8O. The van der Waals surface area contributed by atoms with E-state index in [2.05, 4.69) is 68.3 Å². The smallest absolute Gasteiger partial charge is 0.246 e. The lowest BCUT2D eigenvalue weighted by Gasteiger charge is -2.44. The average Bonchev–Trinajstić information content (AvgIpc) is 3.33. The van der Waals surface area contributed by atoms with Crippen LogP contribution >= 0.6 is 0 Å². The Labute approximate surface area is 206 Å². The standard InChI is InChI=1S/C26H34N8O/c1-19-16-32(17-20(2)34(19)21(3)35)25-15-24(11-12-27-25)33-18-28-26(30-33)29-22-7-9-23(10-8-22)31-13-5-4-6-14-31/h7-12,15,18-20H,4-6,13-14,16-17H2,1-3H3,(H,29,30)/t19-,20+. The minimum Gasteiger partial charge on any atom is -0.372 e. The molecule has 0 saturated carbocycles. The van der Waals surface area contributed by atoms with Gasteiger partial charge in [-0.2, -0.15) is 4.98 Å². The molecule has 2 aromatic heterocycles. The van der Waals surface area contributed by atoms with Gasteiger partial charge in [0, 0.05) is 68.8 Å². The summed E-state index contributed by atoms with van der Waals surface area (Å²) in [6.07, 6.45) is 7.38. The van der Waals surface area contributed by atoms with E-state index in [0.717, 1.165) is 43.4 Å². The van der Waals surface area contributed by atoms with Crippen molar-refractivity contribution >= 4 is 29.0 Å². The molecule has 4 heterocycles. The van der Waals surface area contributed by atoms with E-state index in [0.29, 0.717) is 5.95 Å². The Hall–Kier alpha value is -3.62. The number of benzene rings is 1. The topological polar surface area (TPSA) is 82.4 Å². The van der Waals surface area contributed by atoms with Crippen LogP contribution in [0.15, 0.2) is 48.9 Å². The summed E-state index contributed by atoms with van der Waals surface area (Å²) in [6.45, 7) is 9.58. The molecule has 0 radical (unpaired) electrons. The Morgan fingerprint density at radius 2 is 1.63 bits per heavy atom. The van der Waals surface area contributed by atoms with Gasteiger partial charge in [0.25, 0.3) is 0 Å². The van der Waals surface area contributed by atoms with Crippen molar-refractivity contribution in [3.05, 3.63) is 48.9 Å². The van der Waals surface area contributed by atoms with Crippen LogP contribution in [-0.2, 0) is 4.79 Å². The highest BCUT2D eigenvalue weighted by atomic mass is 16.2. The zero-order chi connectivity index (χ0) is 24.4. The van der Waals surface area contributed by atoms with Crippen molar-refractivity contribution in [2.75, 3.05) is 41.3 Å². The van der Waals surface area contributed by atoms with Gasteiger partial charge in [-0.05, 0) is 63.4 Å². The third-order valence-electron chi connectivity index (χ3n) is 6.94. The number of aromatic nitrogens is 4. The third-order valence-corrected chi connectivity index (χ3v) is 6.94. The summed E-state index contributed by atoms with van der Waals surface area (Å²) in [4.78, 5) is 27.7. The maximum absolute atomic E-state index is 12.0. The molecule has 184 valence electrons. The molecule has 2 saturated heterocycles. The summed E-state index contributed by atoms with van der Waals surface area (Å²) >= 11 is 0. The predicted octanol–water partition coefficient (Wildman–Crippen LogP) is 3.84. The van der Waals surface area contributed by atoms with Crippen LogP contribution in [0.2, 0.25) is 0 Å². The molecule has 2 fully saturated rings. The Kier molecular flexibility index (Phi) is 6.57. The highest BCUT2D eigenvalue weighted by molar-refractivity contribution is 5.74. The van der Waals surface area contributed by atoms with Gasteiger partial charge in [-0.25, -0.2) is 9.67 Å². The van der Waals surface area contributed by atoms with Crippen molar-refractivity contribution in [1.82, 2.24) is 24.6 Å². The Bertz CT molecular complexity index is 1140. The Balaban J connectivity index is 1.26. The second-order valence-electron chi connectivity index (χ2n) is 9.63. The molecule has 1 amide bonds. The summed E-state index contributed by atoms with van der Waals surface area (Å²) in [7, 11) is 0. The second kappa shape index (κ2) is 9.93. The molecule has 1 aromatic carbocycles. The third kappa shape index (κ3) is 5.08. The van der Waals surface area contributed by atoms with Gasteiger partial charge >= 0.3 is 0 Å². The number of carbonyl (C=O) groups excluding carboxylic acids is 1. The van der Waals surface area contributed by atoms with Crippen molar-refractivity contribution in [2.45, 2.75) is 52.1 Å². The van der Waals surface area contributed by atoms with E-state index in [9.17, 15) is 4.79 Å². The molecule has 2 atom stereocenters. The van der Waals surface area contributed by atoms with Gasteiger partial charge in [0.05, 0.1) is 5.69 Å². The molecule has 9 nitrogen and oxygen atoms in total. The summed E-state index contributed by atoms with van der Waals surface area (Å²) < 4.78 is 1.76. The van der Waals surface area contributed by atoms with Gasteiger partial charge < -0.3 is 20.0 Å². The number of rotatable bonds is 5. The van der Waals surface area contributed by atoms with Crippen molar-refractivity contribution in [3.8, 4) is 5.69 Å². The van der Waals surface area contributed by atoms with E-state index in [1.807, 2.05) is 17.0 Å². The van der Waals surface area contributed by atoms with Crippen LogP contribution in [-0.4, -0.2) is 68.8 Å². The zero-order valence-corrected chi connectivity index (χ0v) is 20.8. The van der Waals surface area contributed by atoms with Gasteiger partial charge in [0.2, 0.25) is 11.9 Å². The summed E-state index contributed by atoms with van der Waals surface area (Å²) in [5, 5.41) is 7.93. The number of piperidine rings is 1. The number of pyridine rings is 1. The maximum Gasteiger partial charge on any atom is 0.246 e. The van der Waals surface area contributed by atoms with E-state index in [-0.39, 0.29) is 18.0 Å². The van der Waals surface area contributed by atoms with Crippen molar-refractivity contribution < 1.29 is 4.79 Å². The van der Waals surface area contributed by atoms with Crippen LogP contribution in [0.5, 0.6) is 0 Å². The molecule has 3 aromatic rings. The fraction of sp³-hybridized carbons (Fsp3) is 0.462. The summed E-state index contributed by atoms with van der Waals surface area (Å²) in [5.74, 6) is 1.55. The van der Waals surface area contributed by atoms with Crippen molar-refractivity contribution in [3.63, 3.8) is 0 Å². The first-order chi connectivity index (χ1) is 17.0. The van der Waals surface area contributed by atoms with E-state index < -0.39 is 0 Å². The molecule has 5 rings (SSSR count). The monoisotopic (exact) mass is 474 g/mol. The number of carbonyl (C=O) groups is 1. The fourth-order valence-corrected chi connectivity index (χ4v) is 5.34.